The van der Waals surface area contributed by atoms with Crippen LogP contribution in [0.4, 0.5) is 0 Å². The van der Waals surface area contributed by atoms with E-state index in [1.807, 2.05) is 0 Å². The molecule has 0 fully saturated rings. The molecule has 0 heterocycles. The third kappa shape index (κ3) is 5.31. The maximum atomic E-state index is 10.9. The van der Waals surface area contributed by atoms with Gasteiger partial charge < -0.3 is 15.2 Å². The summed E-state index contributed by atoms with van der Waals surface area (Å²) in [4.78, 5) is 21.2. The highest BCUT2D eigenvalue weighted by Gasteiger charge is 2.11. The Hall–Kier alpha value is -1.36. The number of carboxylic acid groups (broad SMARTS) is 1. The molecule has 1 atom stereocenters. The molecule has 0 saturated heterocycles. The predicted molar refractivity (Wildman–Crippen MR) is 50.9 cm³/mol. The number of esters is 1. The number of hydrogen-bond donors (Lipinski definition) is 2. The Morgan fingerprint density at radius 2 is 2.14 bits per heavy atom. The van der Waals surface area contributed by atoms with Crippen molar-refractivity contribution in [3.05, 3.63) is 11.6 Å². The molecule has 0 aromatic heterocycles. The Bertz CT molecular complexity index is 247. The summed E-state index contributed by atoms with van der Waals surface area (Å²) in [6.45, 7) is 3.67. The second-order valence-electron chi connectivity index (χ2n) is 2.95. The first-order chi connectivity index (χ1) is 6.47. The molecule has 0 bridgehead atoms. The highest BCUT2D eigenvalue weighted by Crippen LogP contribution is 1.92. The lowest BCUT2D eigenvalue weighted by Crippen LogP contribution is -2.35. The quantitative estimate of drug-likeness (QED) is 0.490. The van der Waals surface area contributed by atoms with Gasteiger partial charge in [0.15, 0.2) is 0 Å². The van der Waals surface area contributed by atoms with E-state index in [9.17, 15) is 9.59 Å². The SMILES string of the molecule is COC(=O)C(C)NCC(C)=CC(=O)O. The van der Waals surface area contributed by atoms with Gasteiger partial charge in [0.25, 0.3) is 0 Å². The number of rotatable bonds is 5. The van der Waals surface area contributed by atoms with E-state index in [1.54, 1.807) is 13.8 Å². The van der Waals surface area contributed by atoms with Crippen LogP contribution in [-0.2, 0) is 14.3 Å². The molecule has 80 valence electrons. The van der Waals surface area contributed by atoms with E-state index < -0.39 is 12.0 Å². The zero-order valence-electron chi connectivity index (χ0n) is 8.53. The molecule has 0 aromatic rings. The van der Waals surface area contributed by atoms with Crippen LogP contribution < -0.4 is 5.32 Å². The Labute approximate surface area is 82.7 Å². The van der Waals surface area contributed by atoms with Crippen molar-refractivity contribution in [1.29, 1.82) is 0 Å². The van der Waals surface area contributed by atoms with Gasteiger partial charge in [0.05, 0.1) is 7.11 Å². The minimum absolute atomic E-state index is 0.350. The summed E-state index contributed by atoms with van der Waals surface area (Å²) in [7, 11) is 1.31. The van der Waals surface area contributed by atoms with E-state index >= 15 is 0 Å². The van der Waals surface area contributed by atoms with Gasteiger partial charge in [0.1, 0.15) is 6.04 Å². The molecule has 14 heavy (non-hydrogen) atoms. The summed E-state index contributed by atoms with van der Waals surface area (Å²) in [5.41, 5.74) is 0.647. The number of aliphatic carboxylic acids is 1. The second kappa shape index (κ2) is 6.15. The van der Waals surface area contributed by atoms with Gasteiger partial charge in [-0.1, -0.05) is 5.57 Å². The molecule has 1 unspecified atom stereocenters. The summed E-state index contributed by atoms with van der Waals surface area (Å²) < 4.78 is 4.49. The fraction of sp³-hybridized carbons (Fsp3) is 0.556. The minimum atomic E-state index is -0.991. The lowest BCUT2D eigenvalue weighted by atomic mass is 10.2. The molecule has 5 nitrogen and oxygen atoms in total. The summed E-state index contributed by atoms with van der Waals surface area (Å²) in [5.74, 6) is -1.36. The van der Waals surface area contributed by atoms with E-state index in [2.05, 4.69) is 10.1 Å². The van der Waals surface area contributed by atoms with Gasteiger partial charge in [0.2, 0.25) is 0 Å². The number of carboxylic acids is 1. The zero-order chi connectivity index (χ0) is 11.1. The van der Waals surface area contributed by atoms with Crippen LogP contribution in [0, 0.1) is 0 Å². The van der Waals surface area contributed by atoms with Gasteiger partial charge in [0, 0.05) is 12.6 Å². The van der Waals surface area contributed by atoms with Crippen LogP contribution in [0.2, 0.25) is 0 Å². The van der Waals surface area contributed by atoms with Crippen molar-refractivity contribution in [3.63, 3.8) is 0 Å². The number of methoxy groups -OCH3 is 1. The van der Waals surface area contributed by atoms with Crippen molar-refractivity contribution in [2.24, 2.45) is 0 Å². The number of ether oxygens (including phenoxy) is 1. The van der Waals surface area contributed by atoms with E-state index in [0.29, 0.717) is 12.1 Å². The van der Waals surface area contributed by atoms with E-state index in [1.165, 1.54) is 7.11 Å². The summed E-state index contributed by atoms with van der Waals surface area (Å²) in [6, 6.07) is -0.433. The van der Waals surface area contributed by atoms with Crippen LogP contribution in [0.25, 0.3) is 0 Å². The van der Waals surface area contributed by atoms with Crippen LogP contribution in [0.3, 0.4) is 0 Å². The average Bonchev–Trinajstić information content (AvgIpc) is 2.11. The average molecular weight is 201 g/mol. The van der Waals surface area contributed by atoms with Crippen molar-refractivity contribution in [2.75, 3.05) is 13.7 Å². The first-order valence-electron chi connectivity index (χ1n) is 4.18. The van der Waals surface area contributed by atoms with Crippen LogP contribution in [0.15, 0.2) is 11.6 Å². The van der Waals surface area contributed by atoms with Crippen LogP contribution >= 0.6 is 0 Å². The largest absolute Gasteiger partial charge is 0.478 e. The second-order valence-corrected chi connectivity index (χ2v) is 2.95. The molecular formula is C9H15NO4. The van der Waals surface area contributed by atoms with Crippen LogP contribution in [0.1, 0.15) is 13.8 Å². The summed E-state index contributed by atoms with van der Waals surface area (Å²) in [6.07, 6.45) is 1.09. The molecule has 0 aliphatic heterocycles. The molecule has 2 N–H and O–H groups in total. The van der Waals surface area contributed by atoms with Gasteiger partial charge in [-0.2, -0.15) is 0 Å². The van der Waals surface area contributed by atoms with E-state index in [0.717, 1.165) is 6.08 Å². The first kappa shape index (κ1) is 12.6. The molecule has 5 heteroatoms. The van der Waals surface area contributed by atoms with Crippen molar-refractivity contribution >= 4 is 11.9 Å². The summed E-state index contributed by atoms with van der Waals surface area (Å²) >= 11 is 0. The number of nitrogens with one attached hydrogen (secondary N) is 1. The molecule has 0 aliphatic carbocycles. The highest BCUT2D eigenvalue weighted by molar-refractivity contribution is 5.80. The van der Waals surface area contributed by atoms with Gasteiger partial charge >= 0.3 is 11.9 Å². The Morgan fingerprint density at radius 1 is 1.57 bits per heavy atom. The molecule has 0 radical (unpaired) electrons. The number of carbonyl (C=O) groups is 2. The molecule has 0 spiro atoms. The highest BCUT2D eigenvalue weighted by atomic mass is 16.5. The molecule has 0 rings (SSSR count). The maximum absolute atomic E-state index is 10.9. The molecular weight excluding hydrogens is 186 g/mol. The molecule has 0 saturated carbocycles. The van der Waals surface area contributed by atoms with Crippen LogP contribution in [-0.4, -0.2) is 36.7 Å². The summed E-state index contributed by atoms with van der Waals surface area (Å²) in [5, 5.41) is 11.2. The standard InChI is InChI=1S/C9H15NO4/c1-6(4-8(11)12)5-10-7(2)9(13)14-3/h4,7,10H,5H2,1-3H3,(H,11,12). The van der Waals surface area contributed by atoms with Crippen LogP contribution in [0.5, 0.6) is 0 Å². The third-order valence-electron chi connectivity index (χ3n) is 1.61. The van der Waals surface area contributed by atoms with Gasteiger partial charge in [-0.3, -0.25) is 4.79 Å². The van der Waals surface area contributed by atoms with E-state index in [-0.39, 0.29) is 5.97 Å². The smallest absolute Gasteiger partial charge is 0.328 e. The number of hydrogen-bond acceptors (Lipinski definition) is 4. The van der Waals surface area contributed by atoms with Crippen molar-refractivity contribution in [2.45, 2.75) is 19.9 Å². The molecule has 0 aliphatic rings. The molecule has 0 aromatic carbocycles. The third-order valence-corrected chi connectivity index (χ3v) is 1.61. The van der Waals surface area contributed by atoms with Gasteiger partial charge in [-0.25, -0.2) is 4.79 Å². The normalized spacial score (nSPS) is 13.5. The first-order valence-corrected chi connectivity index (χ1v) is 4.18. The lowest BCUT2D eigenvalue weighted by molar-refractivity contribution is -0.142. The fourth-order valence-corrected chi connectivity index (χ4v) is 0.836. The monoisotopic (exact) mass is 201 g/mol. The van der Waals surface area contributed by atoms with Crippen molar-refractivity contribution in [3.8, 4) is 0 Å². The van der Waals surface area contributed by atoms with Crippen molar-refractivity contribution in [1.82, 2.24) is 5.32 Å². The Balaban J connectivity index is 3.94. The Morgan fingerprint density at radius 3 is 2.57 bits per heavy atom. The lowest BCUT2D eigenvalue weighted by Gasteiger charge is -2.10. The maximum Gasteiger partial charge on any atom is 0.328 e. The predicted octanol–water partition coefficient (Wildman–Crippen LogP) is 0.168. The van der Waals surface area contributed by atoms with Crippen molar-refractivity contribution < 1.29 is 19.4 Å². The fourth-order valence-electron chi connectivity index (χ4n) is 0.836. The van der Waals surface area contributed by atoms with Gasteiger partial charge in [-0.15, -0.1) is 0 Å². The van der Waals surface area contributed by atoms with E-state index in [4.69, 9.17) is 5.11 Å². The zero-order valence-corrected chi connectivity index (χ0v) is 8.53. The van der Waals surface area contributed by atoms with Gasteiger partial charge in [-0.05, 0) is 13.8 Å². The topological polar surface area (TPSA) is 75.6 Å². The Kier molecular flexibility index (Phi) is 5.55. The number of carbonyl (C=O) groups excluding carboxylic acids is 1. The molecule has 0 amide bonds. The minimum Gasteiger partial charge on any atom is -0.478 e.